The van der Waals surface area contributed by atoms with Crippen LogP contribution >= 0.6 is 0 Å². The van der Waals surface area contributed by atoms with E-state index in [-0.39, 0.29) is 5.91 Å². The van der Waals surface area contributed by atoms with Gasteiger partial charge in [-0.2, -0.15) is 5.10 Å². The lowest BCUT2D eigenvalue weighted by Crippen LogP contribution is -2.15. The fourth-order valence-electron chi connectivity index (χ4n) is 2.63. The largest absolute Gasteiger partial charge is 0.380 e. The summed E-state index contributed by atoms with van der Waals surface area (Å²) in [6.45, 7) is 4.41. The van der Waals surface area contributed by atoms with Crippen LogP contribution in [0.5, 0.6) is 0 Å². The number of carbonyl (C=O) groups is 1. The number of aromatic nitrogens is 2. The summed E-state index contributed by atoms with van der Waals surface area (Å²) in [4.78, 5) is 12.6. The van der Waals surface area contributed by atoms with Gasteiger partial charge < -0.3 is 10.1 Å². The van der Waals surface area contributed by atoms with E-state index >= 15 is 0 Å². The molecular weight excluding hydrogens is 314 g/mol. The number of nitrogens with one attached hydrogen (secondary N) is 1. The van der Waals surface area contributed by atoms with Gasteiger partial charge in [0.2, 0.25) is 0 Å². The first-order chi connectivity index (χ1) is 12.1. The smallest absolute Gasteiger partial charge is 0.256 e. The van der Waals surface area contributed by atoms with Crippen LogP contribution in [-0.4, -0.2) is 22.8 Å². The fourth-order valence-corrected chi connectivity index (χ4v) is 2.63. The SMILES string of the molecule is COCc1cccc(C(=O)Nc2cc(C)nn2-c2ccc(C)cc2)c1. The normalized spacial score (nSPS) is 10.7. The third-order valence-electron chi connectivity index (χ3n) is 3.85. The maximum atomic E-state index is 12.6. The third kappa shape index (κ3) is 3.95. The number of methoxy groups -OCH3 is 1. The molecule has 0 bridgehead atoms. The maximum absolute atomic E-state index is 12.6. The highest BCUT2D eigenvalue weighted by molar-refractivity contribution is 6.04. The molecule has 0 fully saturated rings. The fraction of sp³-hybridized carbons (Fsp3) is 0.200. The highest BCUT2D eigenvalue weighted by atomic mass is 16.5. The van der Waals surface area contributed by atoms with Crippen molar-refractivity contribution in [1.82, 2.24) is 9.78 Å². The van der Waals surface area contributed by atoms with Crippen LogP contribution in [-0.2, 0) is 11.3 Å². The van der Waals surface area contributed by atoms with E-state index in [4.69, 9.17) is 4.74 Å². The molecule has 0 unspecified atom stereocenters. The van der Waals surface area contributed by atoms with Gasteiger partial charge in [-0.3, -0.25) is 4.79 Å². The molecule has 1 aromatic heterocycles. The van der Waals surface area contributed by atoms with E-state index in [9.17, 15) is 4.79 Å². The van der Waals surface area contributed by atoms with E-state index in [1.54, 1.807) is 17.9 Å². The molecule has 3 rings (SSSR count). The Balaban J connectivity index is 1.87. The monoisotopic (exact) mass is 335 g/mol. The number of hydrogen-bond acceptors (Lipinski definition) is 3. The van der Waals surface area contributed by atoms with Crippen molar-refractivity contribution >= 4 is 11.7 Å². The molecule has 0 atom stereocenters. The lowest BCUT2D eigenvalue weighted by Gasteiger charge is -2.10. The standard InChI is InChI=1S/C20H21N3O2/c1-14-7-9-18(10-8-14)23-19(11-15(2)22-23)21-20(24)17-6-4-5-16(12-17)13-25-3/h4-12H,13H2,1-3H3,(H,21,24). The second kappa shape index (κ2) is 7.32. The van der Waals surface area contributed by atoms with Crippen LogP contribution in [0, 0.1) is 13.8 Å². The second-order valence-corrected chi connectivity index (χ2v) is 6.01. The number of carbonyl (C=O) groups excluding carboxylic acids is 1. The zero-order valence-electron chi connectivity index (χ0n) is 14.6. The Morgan fingerprint density at radius 3 is 2.60 bits per heavy atom. The summed E-state index contributed by atoms with van der Waals surface area (Å²) >= 11 is 0. The topological polar surface area (TPSA) is 56.1 Å². The molecule has 0 saturated carbocycles. The van der Waals surface area contributed by atoms with Gasteiger partial charge in [-0.05, 0) is 43.7 Å². The van der Waals surface area contributed by atoms with E-state index in [0.29, 0.717) is 18.0 Å². The number of anilines is 1. The summed E-state index contributed by atoms with van der Waals surface area (Å²) in [6.07, 6.45) is 0. The van der Waals surface area contributed by atoms with Crippen LogP contribution in [0.2, 0.25) is 0 Å². The van der Waals surface area contributed by atoms with Crippen LogP contribution in [0.25, 0.3) is 5.69 Å². The summed E-state index contributed by atoms with van der Waals surface area (Å²) in [5.41, 5.74) is 4.46. The highest BCUT2D eigenvalue weighted by Gasteiger charge is 2.13. The molecule has 0 aliphatic rings. The van der Waals surface area contributed by atoms with Gasteiger partial charge in [-0.1, -0.05) is 29.8 Å². The van der Waals surface area contributed by atoms with Crippen LogP contribution in [0.4, 0.5) is 5.82 Å². The second-order valence-electron chi connectivity index (χ2n) is 6.01. The van der Waals surface area contributed by atoms with Crippen LogP contribution in [0.1, 0.15) is 27.2 Å². The summed E-state index contributed by atoms with van der Waals surface area (Å²) in [7, 11) is 1.63. The van der Waals surface area contributed by atoms with Crippen molar-refractivity contribution < 1.29 is 9.53 Å². The van der Waals surface area contributed by atoms with Crippen molar-refractivity contribution in [2.75, 3.05) is 12.4 Å². The molecule has 0 aliphatic carbocycles. The van der Waals surface area contributed by atoms with Crippen molar-refractivity contribution in [2.24, 2.45) is 0 Å². The average molecular weight is 335 g/mol. The first-order valence-corrected chi connectivity index (χ1v) is 8.10. The molecule has 3 aromatic rings. The van der Waals surface area contributed by atoms with Gasteiger partial charge in [0.05, 0.1) is 18.0 Å². The number of amides is 1. The first-order valence-electron chi connectivity index (χ1n) is 8.10. The minimum Gasteiger partial charge on any atom is -0.380 e. The van der Waals surface area contributed by atoms with E-state index in [1.165, 1.54) is 5.56 Å². The molecule has 0 radical (unpaired) electrons. The first kappa shape index (κ1) is 16.9. The Labute approximate surface area is 147 Å². The van der Waals surface area contributed by atoms with E-state index < -0.39 is 0 Å². The summed E-state index contributed by atoms with van der Waals surface area (Å²) in [5.74, 6) is 0.467. The van der Waals surface area contributed by atoms with Crippen LogP contribution in [0.15, 0.2) is 54.6 Å². The number of hydrogen-bond donors (Lipinski definition) is 1. The molecule has 2 aromatic carbocycles. The van der Waals surface area contributed by atoms with Crippen molar-refractivity contribution in [3.63, 3.8) is 0 Å². The highest BCUT2D eigenvalue weighted by Crippen LogP contribution is 2.19. The Morgan fingerprint density at radius 1 is 1.12 bits per heavy atom. The van der Waals surface area contributed by atoms with Crippen molar-refractivity contribution in [3.05, 3.63) is 77.0 Å². The zero-order valence-corrected chi connectivity index (χ0v) is 14.6. The molecule has 1 N–H and O–H groups in total. The van der Waals surface area contributed by atoms with Crippen LogP contribution in [0.3, 0.4) is 0 Å². The van der Waals surface area contributed by atoms with Crippen molar-refractivity contribution in [2.45, 2.75) is 20.5 Å². The average Bonchev–Trinajstić information content (AvgIpc) is 2.96. The number of benzene rings is 2. The number of aryl methyl sites for hydroxylation is 2. The Bertz CT molecular complexity index is 882. The number of ether oxygens (including phenoxy) is 1. The minimum atomic E-state index is -0.175. The molecule has 1 heterocycles. The van der Waals surface area contributed by atoms with E-state index in [2.05, 4.69) is 10.4 Å². The predicted octanol–water partition coefficient (Wildman–Crippen LogP) is 3.89. The summed E-state index contributed by atoms with van der Waals surface area (Å²) in [5, 5.41) is 7.44. The molecule has 128 valence electrons. The Hall–Kier alpha value is -2.92. The summed E-state index contributed by atoms with van der Waals surface area (Å²) < 4.78 is 6.87. The quantitative estimate of drug-likeness (QED) is 0.769. The minimum absolute atomic E-state index is 0.175. The predicted molar refractivity (Wildman–Crippen MR) is 98.1 cm³/mol. The van der Waals surface area contributed by atoms with Gasteiger partial charge >= 0.3 is 0 Å². The van der Waals surface area contributed by atoms with Crippen molar-refractivity contribution in [1.29, 1.82) is 0 Å². The molecular formula is C20H21N3O2. The molecule has 25 heavy (non-hydrogen) atoms. The molecule has 5 nitrogen and oxygen atoms in total. The lowest BCUT2D eigenvalue weighted by atomic mass is 10.1. The molecule has 0 saturated heterocycles. The molecule has 5 heteroatoms. The van der Waals surface area contributed by atoms with Gasteiger partial charge in [0, 0.05) is 18.7 Å². The zero-order chi connectivity index (χ0) is 17.8. The van der Waals surface area contributed by atoms with Gasteiger partial charge in [-0.25, -0.2) is 4.68 Å². The number of nitrogens with zero attached hydrogens (tertiary/aromatic N) is 2. The Morgan fingerprint density at radius 2 is 1.88 bits per heavy atom. The Kier molecular flexibility index (Phi) is 4.95. The molecule has 0 spiro atoms. The third-order valence-corrected chi connectivity index (χ3v) is 3.85. The van der Waals surface area contributed by atoms with Gasteiger partial charge in [0.25, 0.3) is 5.91 Å². The molecule has 1 amide bonds. The van der Waals surface area contributed by atoms with Crippen molar-refractivity contribution in [3.8, 4) is 5.69 Å². The van der Waals surface area contributed by atoms with E-state index in [1.807, 2.05) is 62.4 Å². The maximum Gasteiger partial charge on any atom is 0.256 e. The number of rotatable bonds is 5. The van der Waals surface area contributed by atoms with Gasteiger partial charge in [0.1, 0.15) is 5.82 Å². The lowest BCUT2D eigenvalue weighted by molar-refractivity contribution is 0.102. The van der Waals surface area contributed by atoms with E-state index in [0.717, 1.165) is 16.9 Å². The summed E-state index contributed by atoms with van der Waals surface area (Å²) in [6, 6.07) is 17.3. The molecule has 0 aliphatic heterocycles. The van der Waals surface area contributed by atoms with Gasteiger partial charge in [-0.15, -0.1) is 0 Å². The van der Waals surface area contributed by atoms with Gasteiger partial charge in [0.15, 0.2) is 0 Å². The van der Waals surface area contributed by atoms with Crippen LogP contribution < -0.4 is 5.32 Å².